The summed E-state index contributed by atoms with van der Waals surface area (Å²) in [6.07, 6.45) is 0.604. The Bertz CT molecular complexity index is 1090. The highest BCUT2D eigenvalue weighted by atomic mass is 35.5. The lowest BCUT2D eigenvalue weighted by Gasteiger charge is -2.00. The highest BCUT2D eigenvalue weighted by molar-refractivity contribution is 7.98. The zero-order valence-electron chi connectivity index (χ0n) is 13.7. The van der Waals surface area contributed by atoms with E-state index in [1.165, 1.54) is 16.3 Å². The molecule has 2 heterocycles. The summed E-state index contributed by atoms with van der Waals surface area (Å²) in [5.41, 5.74) is 2.79. The number of nitrogens with one attached hydrogen (secondary N) is 1. The third kappa shape index (κ3) is 3.81. The first-order valence-corrected chi connectivity index (χ1v) is 9.43. The van der Waals surface area contributed by atoms with Gasteiger partial charge in [-0.25, -0.2) is 4.98 Å². The number of rotatable bonds is 5. The van der Waals surface area contributed by atoms with Gasteiger partial charge < -0.3 is 0 Å². The summed E-state index contributed by atoms with van der Waals surface area (Å²) in [6, 6.07) is 19.2. The zero-order valence-corrected chi connectivity index (χ0v) is 15.3. The van der Waals surface area contributed by atoms with Gasteiger partial charge in [0.25, 0.3) is 11.3 Å². The summed E-state index contributed by atoms with van der Waals surface area (Å²) in [5, 5.41) is 4.37. The second kappa shape index (κ2) is 7.35. The molecule has 26 heavy (non-hydrogen) atoms. The Hall–Kier alpha value is -2.57. The van der Waals surface area contributed by atoms with Gasteiger partial charge in [-0.15, -0.1) is 0 Å². The van der Waals surface area contributed by atoms with Crippen molar-refractivity contribution < 1.29 is 0 Å². The van der Waals surface area contributed by atoms with Crippen molar-refractivity contribution in [3.63, 3.8) is 0 Å². The maximum absolute atomic E-state index is 12.3. The molecule has 4 rings (SSSR count). The Morgan fingerprint density at radius 3 is 2.54 bits per heavy atom. The van der Waals surface area contributed by atoms with E-state index in [2.05, 4.69) is 15.1 Å². The average Bonchev–Trinajstić information content (AvgIpc) is 3.06. The first-order valence-electron chi connectivity index (χ1n) is 8.07. The molecule has 0 bridgehead atoms. The van der Waals surface area contributed by atoms with Gasteiger partial charge in [0.15, 0.2) is 5.16 Å². The van der Waals surface area contributed by atoms with E-state index in [-0.39, 0.29) is 5.56 Å². The topological polar surface area (TPSA) is 63.0 Å². The van der Waals surface area contributed by atoms with Crippen LogP contribution in [0.15, 0.2) is 70.6 Å². The van der Waals surface area contributed by atoms with Gasteiger partial charge in [0.2, 0.25) is 0 Å². The third-order valence-electron chi connectivity index (χ3n) is 3.88. The molecule has 0 saturated heterocycles. The highest BCUT2D eigenvalue weighted by Crippen LogP contribution is 2.20. The Kier molecular flexibility index (Phi) is 4.77. The molecule has 4 aromatic rings. The second-order valence-corrected chi connectivity index (χ2v) is 7.23. The smallest absolute Gasteiger partial charge is 0.267 e. The lowest BCUT2D eigenvalue weighted by Crippen LogP contribution is -2.15. The van der Waals surface area contributed by atoms with Crippen LogP contribution in [0.3, 0.4) is 0 Å². The van der Waals surface area contributed by atoms with Crippen LogP contribution in [0.4, 0.5) is 0 Å². The minimum absolute atomic E-state index is 0.160. The number of nitrogens with zero attached hydrogens (tertiary/aromatic N) is 3. The molecule has 1 N–H and O–H groups in total. The first-order chi connectivity index (χ1) is 12.7. The minimum atomic E-state index is -0.160. The summed E-state index contributed by atoms with van der Waals surface area (Å²) < 4.78 is 1.37. The monoisotopic (exact) mass is 382 g/mol. The normalized spacial score (nSPS) is 11.1. The van der Waals surface area contributed by atoms with Crippen LogP contribution in [0.1, 0.15) is 16.8 Å². The molecule has 0 aliphatic carbocycles. The van der Waals surface area contributed by atoms with Crippen molar-refractivity contribution in [2.75, 3.05) is 0 Å². The molecule has 0 radical (unpaired) electrons. The predicted octanol–water partition coefficient (Wildman–Crippen LogP) is 3.95. The molecular formula is C19H15ClN4OS. The van der Waals surface area contributed by atoms with E-state index in [9.17, 15) is 4.79 Å². The lowest BCUT2D eigenvalue weighted by atomic mass is 10.1. The van der Waals surface area contributed by atoms with Crippen molar-refractivity contribution in [1.82, 2.24) is 19.6 Å². The van der Waals surface area contributed by atoms with Crippen LogP contribution >= 0.6 is 23.4 Å². The van der Waals surface area contributed by atoms with E-state index in [0.29, 0.717) is 28.1 Å². The van der Waals surface area contributed by atoms with Crippen molar-refractivity contribution in [1.29, 1.82) is 0 Å². The third-order valence-corrected chi connectivity index (χ3v) is 5.07. The van der Waals surface area contributed by atoms with Crippen molar-refractivity contribution in [3.05, 3.63) is 92.9 Å². The maximum Gasteiger partial charge on any atom is 0.274 e. The standard InChI is InChI=1S/C19H15ClN4OS/c20-15-8-6-14(7-9-15)12-26-19-22-18-21-16(11-17(25)24(18)23-19)10-13-4-2-1-3-5-13/h1-9,11H,10,12H2,(H,21,22,23). The van der Waals surface area contributed by atoms with Crippen molar-refractivity contribution >= 4 is 29.1 Å². The number of H-pyrrole nitrogens is 1. The molecule has 5 nitrogen and oxygen atoms in total. The molecule has 7 heteroatoms. The molecular weight excluding hydrogens is 368 g/mol. The molecule has 130 valence electrons. The molecule has 0 spiro atoms. The van der Waals surface area contributed by atoms with Gasteiger partial charge in [0.1, 0.15) is 0 Å². The van der Waals surface area contributed by atoms with E-state index >= 15 is 0 Å². The Balaban J connectivity index is 1.55. The minimum Gasteiger partial charge on any atom is -0.267 e. The van der Waals surface area contributed by atoms with Crippen LogP contribution in [-0.4, -0.2) is 19.6 Å². The molecule has 0 amide bonds. The summed E-state index contributed by atoms with van der Waals surface area (Å²) in [4.78, 5) is 21.3. The second-order valence-electron chi connectivity index (χ2n) is 5.83. The van der Waals surface area contributed by atoms with Crippen LogP contribution < -0.4 is 5.56 Å². The SMILES string of the molecule is O=c1cc(Cc2ccccc2)nc2nc(SCc3ccc(Cl)cc3)[nH]n12. The van der Waals surface area contributed by atoms with Crippen LogP contribution in [0, 0.1) is 0 Å². The molecule has 0 aliphatic heterocycles. The number of halogens is 1. The molecule has 0 atom stereocenters. The molecule has 0 unspecified atom stereocenters. The van der Waals surface area contributed by atoms with Crippen LogP contribution in [0.2, 0.25) is 5.02 Å². The van der Waals surface area contributed by atoms with Gasteiger partial charge in [0, 0.05) is 23.3 Å². The van der Waals surface area contributed by atoms with E-state index in [1.807, 2.05) is 54.6 Å². The lowest BCUT2D eigenvalue weighted by molar-refractivity contribution is 0.841. The van der Waals surface area contributed by atoms with Crippen molar-refractivity contribution in [2.45, 2.75) is 17.3 Å². The molecule has 0 aliphatic rings. The van der Waals surface area contributed by atoms with Gasteiger partial charge in [-0.05, 0) is 23.3 Å². The number of hydrogen-bond acceptors (Lipinski definition) is 4. The summed E-state index contributed by atoms with van der Waals surface area (Å²) in [7, 11) is 0. The van der Waals surface area contributed by atoms with E-state index in [4.69, 9.17) is 11.6 Å². The van der Waals surface area contributed by atoms with Gasteiger partial charge in [0.05, 0.1) is 5.69 Å². The summed E-state index contributed by atoms with van der Waals surface area (Å²) in [6.45, 7) is 0. The van der Waals surface area contributed by atoms with E-state index < -0.39 is 0 Å². The fraction of sp³-hybridized carbons (Fsp3) is 0.105. The van der Waals surface area contributed by atoms with Gasteiger partial charge in [-0.1, -0.05) is 65.8 Å². The van der Waals surface area contributed by atoms with Crippen molar-refractivity contribution in [3.8, 4) is 0 Å². The van der Waals surface area contributed by atoms with E-state index in [1.54, 1.807) is 6.07 Å². The first kappa shape index (κ1) is 16.9. The highest BCUT2D eigenvalue weighted by Gasteiger charge is 2.09. The number of hydrogen-bond donors (Lipinski definition) is 1. The number of thioether (sulfide) groups is 1. The average molecular weight is 383 g/mol. The summed E-state index contributed by atoms with van der Waals surface area (Å²) in [5.74, 6) is 1.12. The quantitative estimate of drug-likeness (QED) is 0.531. The number of aromatic amines is 1. The molecule has 0 saturated carbocycles. The Morgan fingerprint density at radius 1 is 1.00 bits per heavy atom. The van der Waals surface area contributed by atoms with Crippen LogP contribution in [0.25, 0.3) is 5.78 Å². The van der Waals surface area contributed by atoms with Crippen LogP contribution in [0.5, 0.6) is 0 Å². The largest absolute Gasteiger partial charge is 0.274 e. The molecule has 2 aromatic heterocycles. The van der Waals surface area contributed by atoms with Gasteiger partial charge in [-0.3, -0.25) is 9.89 Å². The predicted molar refractivity (Wildman–Crippen MR) is 104 cm³/mol. The zero-order chi connectivity index (χ0) is 17.9. The van der Waals surface area contributed by atoms with Crippen LogP contribution in [-0.2, 0) is 12.2 Å². The van der Waals surface area contributed by atoms with Crippen molar-refractivity contribution in [2.24, 2.45) is 0 Å². The summed E-state index contributed by atoms with van der Waals surface area (Å²) >= 11 is 7.42. The fourth-order valence-electron chi connectivity index (χ4n) is 2.60. The number of aromatic nitrogens is 4. The van der Waals surface area contributed by atoms with E-state index in [0.717, 1.165) is 16.9 Å². The number of benzene rings is 2. The maximum atomic E-state index is 12.3. The van der Waals surface area contributed by atoms with Gasteiger partial charge in [-0.2, -0.15) is 9.50 Å². The van der Waals surface area contributed by atoms with Gasteiger partial charge >= 0.3 is 0 Å². The molecule has 0 fully saturated rings. The number of fused-ring (bicyclic) bond motifs is 1. The molecule has 2 aromatic carbocycles. The Labute approximate surface area is 159 Å². The fourth-order valence-corrected chi connectivity index (χ4v) is 3.52. The Morgan fingerprint density at radius 2 is 1.77 bits per heavy atom.